The largest absolute Gasteiger partial charge is 0.462 e. The molecule has 0 aromatic rings. The number of rotatable bonds is 7. The fourth-order valence-corrected chi connectivity index (χ4v) is 1.21. The lowest BCUT2D eigenvalue weighted by Crippen LogP contribution is -2.06. The van der Waals surface area contributed by atoms with Crippen LogP contribution < -0.4 is 0 Å². The summed E-state index contributed by atoms with van der Waals surface area (Å²) in [6.07, 6.45) is 8.40. The lowest BCUT2D eigenvalue weighted by atomic mass is 10.1. The van der Waals surface area contributed by atoms with Gasteiger partial charge in [-0.15, -0.1) is 0 Å². The summed E-state index contributed by atoms with van der Waals surface area (Å²) >= 11 is 0. The van der Waals surface area contributed by atoms with Crippen LogP contribution in [0.3, 0.4) is 0 Å². The van der Waals surface area contributed by atoms with E-state index in [4.69, 9.17) is 4.74 Å². The van der Waals surface area contributed by atoms with E-state index in [9.17, 15) is 4.79 Å². The van der Waals surface area contributed by atoms with Crippen LogP contribution in [0.15, 0.2) is 23.3 Å². The number of ether oxygens (including phenoxy) is 1. The lowest BCUT2D eigenvalue weighted by molar-refractivity contribution is -0.139. The molecule has 0 aliphatic carbocycles. The van der Waals surface area contributed by atoms with Gasteiger partial charge in [-0.1, -0.05) is 17.7 Å². The van der Waals surface area contributed by atoms with Gasteiger partial charge in [0.25, 0.3) is 0 Å². The molecule has 0 heterocycles. The van der Waals surface area contributed by atoms with Gasteiger partial charge in [0.05, 0.1) is 6.61 Å². The molecule has 0 aromatic carbocycles. The van der Waals surface area contributed by atoms with E-state index >= 15 is 0 Å². The van der Waals surface area contributed by atoms with E-state index in [1.807, 2.05) is 6.92 Å². The maximum absolute atomic E-state index is 11.3. The maximum atomic E-state index is 11.3. The van der Waals surface area contributed by atoms with E-state index in [0.29, 0.717) is 12.2 Å². The molecule has 0 bridgehead atoms. The van der Waals surface area contributed by atoms with Crippen molar-refractivity contribution in [2.24, 2.45) is 0 Å². The molecule has 92 valence electrons. The quantitative estimate of drug-likeness (QED) is 0.282. The fraction of sp³-hybridized carbons (Fsp3) is 0.643. The predicted molar refractivity (Wildman–Crippen MR) is 68.3 cm³/mol. The van der Waals surface area contributed by atoms with Crippen LogP contribution in [0.2, 0.25) is 0 Å². The molecule has 0 spiro atoms. The van der Waals surface area contributed by atoms with Crippen LogP contribution in [0.4, 0.5) is 0 Å². The van der Waals surface area contributed by atoms with Crippen LogP contribution in [0.25, 0.3) is 0 Å². The van der Waals surface area contributed by atoms with Crippen molar-refractivity contribution in [3.63, 3.8) is 0 Å². The molecule has 0 saturated heterocycles. The van der Waals surface area contributed by atoms with Gasteiger partial charge in [0.2, 0.25) is 0 Å². The van der Waals surface area contributed by atoms with Gasteiger partial charge in [0, 0.05) is 5.57 Å². The highest BCUT2D eigenvalue weighted by atomic mass is 16.5. The second kappa shape index (κ2) is 9.20. The Hall–Kier alpha value is -1.05. The molecular weight excluding hydrogens is 200 g/mol. The standard InChI is InChI=1S/C14H24O2/c1-5-13(4)14(15)16-11-9-7-6-8-10-12(2)3/h5,10H,6-9,11H2,1-4H3/b13-5+. The zero-order chi connectivity index (χ0) is 12.4. The Morgan fingerprint density at radius 3 is 2.38 bits per heavy atom. The highest BCUT2D eigenvalue weighted by Gasteiger charge is 2.02. The van der Waals surface area contributed by atoms with Crippen LogP contribution in [0, 0.1) is 0 Å². The molecule has 0 rings (SSSR count). The minimum atomic E-state index is -0.188. The topological polar surface area (TPSA) is 26.3 Å². The van der Waals surface area contributed by atoms with Crippen molar-refractivity contribution in [2.75, 3.05) is 6.61 Å². The summed E-state index contributed by atoms with van der Waals surface area (Å²) in [5, 5.41) is 0. The number of allylic oxidation sites excluding steroid dienone is 3. The molecule has 0 atom stereocenters. The SMILES string of the molecule is C/C=C(\C)C(=O)OCCCCCC=C(C)C. The van der Waals surface area contributed by atoms with Gasteiger partial charge in [-0.25, -0.2) is 4.79 Å². The molecule has 0 radical (unpaired) electrons. The summed E-state index contributed by atoms with van der Waals surface area (Å²) in [6.45, 7) is 8.38. The van der Waals surface area contributed by atoms with Gasteiger partial charge in [0.1, 0.15) is 0 Å². The first-order valence-corrected chi connectivity index (χ1v) is 6.01. The molecule has 0 aliphatic heterocycles. The van der Waals surface area contributed by atoms with Gasteiger partial charge >= 0.3 is 5.97 Å². The van der Waals surface area contributed by atoms with Gasteiger partial charge < -0.3 is 4.74 Å². The van der Waals surface area contributed by atoms with Gasteiger partial charge in [0.15, 0.2) is 0 Å². The van der Waals surface area contributed by atoms with E-state index < -0.39 is 0 Å². The highest BCUT2D eigenvalue weighted by Crippen LogP contribution is 2.04. The molecule has 0 fully saturated rings. The molecule has 0 aliphatic rings. The van der Waals surface area contributed by atoms with Crippen LogP contribution in [0.5, 0.6) is 0 Å². The molecule has 0 unspecified atom stereocenters. The third kappa shape index (κ3) is 8.27. The Balaban J connectivity index is 3.41. The Labute approximate surface area is 99.4 Å². The van der Waals surface area contributed by atoms with Crippen molar-refractivity contribution in [3.8, 4) is 0 Å². The summed E-state index contributed by atoms with van der Waals surface area (Å²) in [6, 6.07) is 0. The first-order chi connectivity index (χ1) is 7.57. The summed E-state index contributed by atoms with van der Waals surface area (Å²) in [5.74, 6) is -0.188. The Bertz CT molecular complexity index is 258. The van der Waals surface area contributed by atoms with Crippen LogP contribution >= 0.6 is 0 Å². The average Bonchev–Trinajstić information content (AvgIpc) is 2.25. The Morgan fingerprint density at radius 1 is 1.12 bits per heavy atom. The van der Waals surface area contributed by atoms with Gasteiger partial charge in [-0.05, 0) is 53.4 Å². The monoisotopic (exact) mass is 224 g/mol. The number of carbonyl (C=O) groups excluding carboxylic acids is 1. The Morgan fingerprint density at radius 2 is 1.81 bits per heavy atom. The third-order valence-corrected chi connectivity index (χ3v) is 2.39. The van der Waals surface area contributed by atoms with Crippen molar-refractivity contribution in [3.05, 3.63) is 23.3 Å². The van der Waals surface area contributed by atoms with Crippen molar-refractivity contribution >= 4 is 5.97 Å². The summed E-state index contributed by atoms with van der Waals surface area (Å²) < 4.78 is 5.10. The van der Waals surface area contributed by atoms with Crippen LogP contribution in [-0.2, 0) is 9.53 Å². The van der Waals surface area contributed by atoms with E-state index in [2.05, 4.69) is 19.9 Å². The second-order valence-corrected chi connectivity index (χ2v) is 4.24. The third-order valence-electron chi connectivity index (χ3n) is 2.39. The predicted octanol–water partition coefficient (Wildman–Crippen LogP) is 4.02. The molecule has 0 saturated carbocycles. The van der Waals surface area contributed by atoms with Crippen molar-refractivity contribution in [1.29, 1.82) is 0 Å². The second-order valence-electron chi connectivity index (χ2n) is 4.24. The number of carbonyl (C=O) groups is 1. The lowest BCUT2D eigenvalue weighted by Gasteiger charge is -2.04. The molecule has 16 heavy (non-hydrogen) atoms. The molecule has 0 aromatic heterocycles. The molecule has 2 heteroatoms. The smallest absolute Gasteiger partial charge is 0.333 e. The fourth-order valence-electron chi connectivity index (χ4n) is 1.21. The molecule has 0 amide bonds. The van der Waals surface area contributed by atoms with Crippen LogP contribution in [-0.4, -0.2) is 12.6 Å². The van der Waals surface area contributed by atoms with E-state index in [1.54, 1.807) is 13.0 Å². The van der Waals surface area contributed by atoms with Gasteiger partial charge in [-0.3, -0.25) is 0 Å². The average molecular weight is 224 g/mol. The normalized spacial score (nSPS) is 11.1. The van der Waals surface area contributed by atoms with Crippen LogP contribution in [0.1, 0.15) is 53.4 Å². The number of hydrogen-bond acceptors (Lipinski definition) is 2. The number of esters is 1. The number of hydrogen-bond donors (Lipinski definition) is 0. The first kappa shape index (κ1) is 14.9. The molecule has 2 nitrogen and oxygen atoms in total. The molecule has 0 N–H and O–H groups in total. The van der Waals surface area contributed by atoms with E-state index in [0.717, 1.165) is 19.3 Å². The van der Waals surface area contributed by atoms with E-state index in [-0.39, 0.29) is 5.97 Å². The summed E-state index contributed by atoms with van der Waals surface area (Å²) in [4.78, 5) is 11.3. The Kier molecular flexibility index (Phi) is 8.59. The van der Waals surface area contributed by atoms with Gasteiger partial charge in [-0.2, -0.15) is 0 Å². The highest BCUT2D eigenvalue weighted by molar-refractivity contribution is 5.87. The molecular formula is C14H24O2. The van der Waals surface area contributed by atoms with Crippen molar-refractivity contribution in [1.82, 2.24) is 0 Å². The van der Waals surface area contributed by atoms with Crippen molar-refractivity contribution < 1.29 is 9.53 Å². The summed E-state index contributed by atoms with van der Waals surface area (Å²) in [7, 11) is 0. The maximum Gasteiger partial charge on any atom is 0.333 e. The van der Waals surface area contributed by atoms with E-state index in [1.165, 1.54) is 12.0 Å². The zero-order valence-electron chi connectivity index (χ0n) is 11.0. The number of unbranched alkanes of at least 4 members (excludes halogenated alkanes) is 3. The van der Waals surface area contributed by atoms with Crippen molar-refractivity contribution in [2.45, 2.75) is 53.4 Å². The minimum Gasteiger partial charge on any atom is -0.462 e. The summed E-state index contributed by atoms with van der Waals surface area (Å²) in [5.41, 5.74) is 2.06. The zero-order valence-corrected chi connectivity index (χ0v) is 11.0. The minimum absolute atomic E-state index is 0.188. The first-order valence-electron chi connectivity index (χ1n) is 6.01.